The van der Waals surface area contributed by atoms with Crippen LogP contribution in [0.5, 0.6) is 5.75 Å². The average Bonchev–Trinajstić information content (AvgIpc) is 3.23. The maximum atomic E-state index is 12.2. The zero-order chi connectivity index (χ0) is 24.0. The number of rotatable bonds is 10. The smallest absolute Gasteiger partial charge is 0.269 e. The Hall–Kier alpha value is -2.86. The van der Waals surface area contributed by atoms with E-state index < -0.39 is 11.0 Å². The fourth-order valence-corrected chi connectivity index (χ4v) is 4.00. The molecule has 1 atom stereocenters. The fourth-order valence-electron chi connectivity index (χ4n) is 2.83. The van der Waals surface area contributed by atoms with Gasteiger partial charge in [0, 0.05) is 30.2 Å². The highest BCUT2D eigenvalue weighted by Gasteiger charge is 2.13. The number of nitrogens with one attached hydrogen (secondary N) is 2. The van der Waals surface area contributed by atoms with E-state index in [0.717, 1.165) is 17.8 Å². The zero-order valence-electron chi connectivity index (χ0n) is 19.0. The number of nitrogens with zero attached hydrogens (tertiary/aromatic N) is 3. The summed E-state index contributed by atoms with van der Waals surface area (Å²) in [4.78, 5) is 23.6. The predicted octanol–water partition coefficient (Wildman–Crippen LogP) is 3.01. The number of thiazole rings is 1. The first kappa shape index (κ1) is 24.8. The van der Waals surface area contributed by atoms with E-state index in [1.54, 1.807) is 30.5 Å². The lowest BCUT2D eigenvalue weighted by atomic mass is 10.2. The molecule has 2 heterocycles. The van der Waals surface area contributed by atoms with Crippen LogP contribution >= 0.6 is 11.3 Å². The van der Waals surface area contributed by atoms with Crippen LogP contribution in [0.15, 0.2) is 46.8 Å². The summed E-state index contributed by atoms with van der Waals surface area (Å²) in [6.07, 6.45) is 1.60. The summed E-state index contributed by atoms with van der Waals surface area (Å²) in [5.41, 5.74) is 2.50. The van der Waals surface area contributed by atoms with Gasteiger partial charge in [0.15, 0.2) is 5.13 Å². The molecule has 0 spiro atoms. The van der Waals surface area contributed by atoms with E-state index in [1.807, 2.05) is 44.3 Å². The van der Waals surface area contributed by atoms with E-state index in [2.05, 4.69) is 20.6 Å². The molecule has 3 rings (SSSR count). The van der Waals surface area contributed by atoms with Crippen LogP contribution in [-0.4, -0.2) is 58.3 Å². The van der Waals surface area contributed by atoms with Crippen molar-refractivity contribution < 1.29 is 13.7 Å². The molecule has 1 aromatic carbocycles. The first-order valence-corrected chi connectivity index (χ1v) is 12.4. The summed E-state index contributed by atoms with van der Waals surface area (Å²) < 4.78 is 17.6. The lowest BCUT2D eigenvalue weighted by molar-refractivity contribution is 0.0946. The summed E-state index contributed by atoms with van der Waals surface area (Å²) in [5.74, 6) is 0.404. The molecule has 3 aromatic rings. The maximum absolute atomic E-state index is 12.2. The third-order valence-electron chi connectivity index (χ3n) is 4.43. The third kappa shape index (κ3) is 7.06. The van der Waals surface area contributed by atoms with Crippen molar-refractivity contribution in [2.24, 2.45) is 5.14 Å². The Labute approximate surface area is 200 Å². The molecule has 0 saturated carbocycles. The zero-order valence-corrected chi connectivity index (χ0v) is 20.6. The van der Waals surface area contributed by atoms with Gasteiger partial charge in [0.1, 0.15) is 22.4 Å². The van der Waals surface area contributed by atoms with Gasteiger partial charge >= 0.3 is 0 Å². The van der Waals surface area contributed by atoms with Gasteiger partial charge in [-0.25, -0.2) is 14.3 Å². The largest absolute Gasteiger partial charge is 0.489 e. The molecule has 0 fully saturated rings. The molecular weight excluding hydrogens is 460 g/mol. The highest BCUT2D eigenvalue weighted by molar-refractivity contribution is 7.82. The van der Waals surface area contributed by atoms with Crippen molar-refractivity contribution in [1.82, 2.24) is 20.2 Å². The Bertz CT molecular complexity index is 1120. The van der Waals surface area contributed by atoms with Gasteiger partial charge in [-0.1, -0.05) is 0 Å². The number of carbonyl (C=O) groups excluding carboxylic acids is 1. The molecule has 2 aromatic heterocycles. The Balaban J connectivity index is 1.73. The number of carbonyl (C=O) groups is 1. The highest BCUT2D eigenvalue weighted by atomic mass is 32.2. The number of aromatic nitrogens is 2. The molecule has 0 aliphatic carbocycles. The summed E-state index contributed by atoms with van der Waals surface area (Å²) in [6.45, 7) is 5.17. The minimum atomic E-state index is -1.61. The number of anilines is 2. The van der Waals surface area contributed by atoms with E-state index in [4.69, 9.17) is 9.88 Å². The van der Waals surface area contributed by atoms with Gasteiger partial charge in [-0.2, -0.15) is 0 Å². The van der Waals surface area contributed by atoms with Crippen LogP contribution in [-0.2, 0) is 11.0 Å². The second-order valence-electron chi connectivity index (χ2n) is 7.78. The minimum absolute atomic E-state index is 0.0312. The fraction of sp³-hybridized carbons (Fsp3) is 0.318. The topological polar surface area (TPSA) is 122 Å². The van der Waals surface area contributed by atoms with Crippen molar-refractivity contribution in [3.8, 4) is 17.0 Å². The van der Waals surface area contributed by atoms with Crippen LogP contribution in [0.3, 0.4) is 0 Å². The molecule has 0 aliphatic heterocycles. The van der Waals surface area contributed by atoms with Crippen LogP contribution in [0.2, 0.25) is 0 Å². The maximum Gasteiger partial charge on any atom is 0.269 e. The van der Waals surface area contributed by atoms with E-state index in [9.17, 15) is 9.00 Å². The molecule has 0 aliphatic rings. The molecule has 1 unspecified atom stereocenters. The third-order valence-corrected chi connectivity index (χ3v) is 5.90. The molecule has 1 amide bonds. The number of likely N-dealkylation sites (N-methyl/N-ethyl adjacent to an activating group) is 1. The van der Waals surface area contributed by atoms with Crippen molar-refractivity contribution in [1.29, 1.82) is 0 Å². The van der Waals surface area contributed by atoms with Gasteiger partial charge < -0.3 is 20.3 Å². The van der Waals surface area contributed by atoms with Gasteiger partial charge in [-0.05, 0) is 58.3 Å². The van der Waals surface area contributed by atoms with Crippen molar-refractivity contribution in [3.63, 3.8) is 0 Å². The molecule has 4 N–H and O–H groups in total. The summed E-state index contributed by atoms with van der Waals surface area (Å²) in [5, 5.41) is 14.1. The molecule has 0 bridgehead atoms. The van der Waals surface area contributed by atoms with E-state index in [1.165, 1.54) is 11.3 Å². The van der Waals surface area contributed by atoms with Crippen molar-refractivity contribution in [2.45, 2.75) is 24.8 Å². The summed E-state index contributed by atoms with van der Waals surface area (Å²) >= 11 is 1.41. The molecule has 11 heteroatoms. The standard InChI is InChI=1S/C22H28N6O3S2/c1-14(2)31-20-8-6-16(33(23)30)11-18(20)26-22-27-19(13-32-22)15-5-7-17(25-12-15)21(29)24-9-10-28(3)4/h5-8,11-14H,9-10,23H2,1-4H3,(H,24,29)(H,26,27). The van der Waals surface area contributed by atoms with Gasteiger partial charge in [0.2, 0.25) is 0 Å². The van der Waals surface area contributed by atoms with Crippen molar-refractivity contribution in [2.75, 3.05) is 32.5 Å². The van der Waals surface area contributed by atoms with Crippen molar-refractivity contribution >= 4 is 39.0 Å². The Morgan fingerprint density at radius 2 is 2.06 bits per heavy atom. The van der Waals surface area contributed by atoms with E-state index >= 15 is 0 Å². The van der Waals surface area contributed by atoms with Gasteiger partial charge in [-0.15, -0.1) is 11.3 Å². The molecule has 33 heavy (non-hydrogen) atoms. The van der Waals surface area contributed by atoms with Crippen LogP contribution in [0.25, 0.3) is 11.3 Å². The second kappa shape index (κ2) is 11.3. The number of hydrogen-bond acceptors (Lipinski definition) is 8. The monoisotopic (exact) mass is 488 g/mol. The van der Waals surface area contributed by atoms with E-state index in [0.29, 0.717) is 33.7 Å². The van der Waals surface area contributed by atoms with Crippen molar-refractivity contribution in [3.05, 3.63) is 47.6 Å². The quantitative estimate of drug-likeness (QED) is 0.401. The first-order valence-electron chi connectivity index (χ1n) is 10.3. The molecule has 0 radical (unpaired) electrons. The molecule has 176 valence electrons. The number of ether oxygens (including phenoxy) is 1. The van der Waals surface area contributed by atoms with Crippen LogP contribution < -0.4 is 20.5 Å². The number of benzene rings is 1. The molecule has 0 saturated heterocycles. The number of amides is 1. The number of hydrogen-bond donors (Lipinski definition) is 3. The van der Waals surface area contributed by atoms with Crippen LogP contribution in [0, 0.1) is 0 Å². The number of pyridine rings is 1. The lowest BCUT2D eigenvalue weighted by Gasteiger charge is -2.15. The van der Waals surface area contributed by atoms with E-state index in [-0.39, 0.29) is 12.0 Å². The normalized spacial score (nSPS) is 12.1. The first-order chi connectivity index (χ1) is 15.7. The average molecular weight is 489 g/mol. The Morgan fingerprint density at radius 3 is 2.70 bits per heavy atom. The van der Waals surface area contributed by atoms with Gasteiger partial charge in [0.05, 0.1) is 22.4 Å². The molecular formula is C22H28N6O3S2. The second-order valence-corrected chi connectivity index (χ2v) is 9.70. The highest BCUT2D eigenvalue weighted by Crippen LogP contribution is 2.33. The lowest BCUT2D eigenvalue weighted by Crippen LogP contribution is -2.31. The van der Waals surface area contributed by atoms with Crippen LogP contribution in [0.1, 0.15) is 24.3 Å². The molecule has 9 nitrogen and oxygen atoms in total. The van der Waals surface area contributed by atoms with Crippen LogP contribution in [0.4, 0.5) is 10.8 Å². The van der Waals surface area contributed by atoms with Gasteiger partial charge in [-0.3, -0.25) is 9.78 Å². The summed E-state index contributed by atoms with van der Waals surface area (Å²) in [7, 11) is 2.29. The minimum Gasteiger partial charge on any atom is -0.489 e. The summed E-state index contributed by atoms with van der Waals surface area (Å²) in [6, 6.07) is 8.61. The van der Waals surface area contributed by atoms with Gasteiger partial charge in [0.25, 0.3) is 5.91 Å². The number of nitrogens with two attached hydrogens (primary N) is 1. The predicted molar refractivity (Wildman–Crippen MR) is 132 cm³/mol. The Morgan fingerprint density at radius 1 is 1.27 bits per heavy atom. The SMILES string of the molecule is CC(C)Oc1ccc(S(N)=O)cc1Nc1nc(-c2ccc(C(=O)NCCN(C)C)nc2)cs1. The Kier molecular flexibility index (Phi) is 8.50.